The Bertz CT molecular complexity index is 249. The Balaban J connectivity index is 2.47. The van der Waals surface area contributed by atoms with Crippen LogP contribution < -0.4 is 5.73 Å². The molecule has 0 bridgehead atoms. The molecule has 0 unspecified atom stereocenters. The van der Waals surface area contributed by atoms with Crippen LogP contribution in [-0.4, -0.2) is 23.5 Å². The van der Waals surface area contributed by atoms with E-state index in [4.69, 9.17) is 10.2 Å². The van der Waals surface area contributed by atoms with Gasteiger partial charge in [-0.2, -0.15) is 0 Å². The molecule has 0 spiro atoms. The van der Waals surface area contributed by atoms with Crippen molar-refractivity contribution in [2.45, 2.75) is 32.9 Å². The lowest BCUT2D eigenvalue weighted by molar-refractivity contribution is 0.212. The van der Waals surface area contributed by atoms with Crippen LogP contribution in [0.25, 0.3) is 0 Å². The quantitative estimate of drug-likeness (QED) is 0.781. The van der Waals surface area contributed by atoms with Gasteiger partial charge < -0.3 is 10.2 Å². The first-order valence-corrected chi connectivity index (χ1v) is 5.05. The fourth-order valence-corrected chi connectivity index (χ4v) is 1.48. The summed E-state index contributed by atoms with van der Waals surface area (Å²) in [5, 5.41) is 0. The van der Waals surface area contributed by atoms with Gasteiger partial charge in [0.2, 0.25) is 0 Å². The summed E-state index contributed by atoms with van der Waals surface area (Å²) < 4.78 is 5.30. The maximum atomic E-state index is 5.97. The van der Waals surface area contributed by atoms with Crippen LogP contribution in [0, 0.1) is 0 Å². The highest BCUT2D eigenvalue weighted by atomic mass is 16.3. The third-order valence-electron chi connectivity index (χ3n) is 2.04. The zero-order valence-electron chi connectivity index (χ0n) is 9.29. The predicted molar refractivity (Wildman–Crippen MR) is 57.9 cm³/mol. The van der Waals surface area contributed by atoms with Crippen molar-refractivity contribution in [3.05, 3.63) is 24.2 Å². The van der Waals surface area contributed by atoms with Crippen LogP contribution in [0.4, 0.5) is 0 Å². The first kappa shape index (κ1) is 11.3. The number of nitrogens with zero attached hydrogens (tertiary/aromatic N) is 1. The van der Waals surface area contributed by atoms with Gasteiger partial charge >= 0.3 is 0 Å². The van der Waals surface area contributed by atoms with Crippen LogP contribution in [0.1, 0.15) is 26.5 Å². The molecular formula is C11H20N2O. The van der Waals surface area contributed by atoms with Gasteiger partial charge in [-0.25, -0.2) is 0 Å². The smallest absolute Gasteiger partial charge is 0.117 e. The van der Waals surface area contributed by atoms with Crippen molar-refractivity contribution in [2.75, 3.05) is 13.1 Å². The number of furan rings is 1. The fourth-order valence-electron chi connectivity index (χ4n) is 1.48. The molecule has 3 nitrogen and oxygen atoms in total. The minimum absolute atomic E-state index is 0.150. The molecule has 0 aromatic carbocycles. The highest BCUT2D eigenvalue weighted by Crippen LogP contribution is 2.08. The summed E-state index contributed by atoms with van der Waals surface area (Å²) in [6.45, 7) is 8.92. The molecule has 80 valence electrons. The molecule has 1 heterocycles. The minimum Gasteiger partial charge on any atom is -0.468 e. The summed E-state index contributed by atoms with van der Waals surface area (Å²) in [6.07, 6.45) is 1.71. The zero-order valence-corrected chi connectivity index (χ0v) is 9.29. The van der Waals surface area contributed by atoms with Crippen LogP contribution in [0.3, 0.4) is 0 Å². The molecular weight excluding hydrogens is 176 g/mol. The Morgan fingerprint density at radius 3 is 2.64 bits per heavy atom. The molecule has 0 aliphatic heterocycles. The van der Waals surface area contributed by atoms with Crippen LogP contribution in [-0.2, 0) is 6.54 Å². The van der Waals surface area contributed by atoms with E-state index in [9.17, 15) is 0 Å². The number of hydrogen-bond acceptors (Lipinski definition) is 3. The molecule has 0 saturated heterocycles. The molecule has 0 saturated carbocycles. The second-order valence-corrected chi connectivity index (χ2v) is 4.37. The van der Waals surface area contributed by atoms with E-state index < -0.39 is 0 Å². The summed E-state index contributed by atoms with van der Waals surface area (Å²) in [5.41, 5.74) is 5.82. The third kappa shape index (κ3) is 3.94. The highest BCUT2D eigenvalue weighted by molar-refractivity contribution is 4.98. The van der Waals surface area contributed by atoms with Crippen LogP contribution in [0.2, 0.25) is 0 Å². The molecule has 2 N–H and O–H groups in total. The van der Waals surface area contributed by atoms with Crippen molar-refractivity contribution in [2.24, 2.45) is 5.73 Å². The zero-order chi connectivity index (χ0) is 10.6. The summed E-state index contributed by atoms with van der Waals surface area (Å²) in [5.74, 6) is 0.996. The summed E-state index contributed by atoms with van der Waals surface area (Å²) in [6, 6.07) is 3.91. The first-order chi connectivity index (χ1) is 6.51. The van der Waals surface area contributed by atoms with E-state index in [1.54, 1.807) is 6.26 Å². The highest BCUT2D eigenvalue weighted by Gasteiger charge is 2.16. The monoisotopic (exact) mass is 196 g/mol. The van der Waals surface area contributed by atoms with Gasteiger partial charge in [-0.1, -0.05) is 6.92 Å². The second kappa shape index (κ2) is 4.62. The van der Waals surface area contributed by atoms with E-state index in [-0.39, 0.29) is 5.54 Å². The van der Waals surface area contributed by atoms with E-state index in [1.165, 1.54) is 0 Å². The van der Waals surface area contributed by atoms with Crippen LogP contribution in [0.5, 0.6) is 0 Å². The fraction of sp³-hybridized carbons (Fsp3) is 0.636. The van der Waals surface area contributed by atoms with E-state index in [0.717, 1.165) is 25.4 Å². The largest absolute Gasteiger partial charge is 0.468 e. The Morgan fingerprint density at radius 2 is 2.21 bits per heavy atom. The van der Waals surface area contributed by atoms with Crippen molar-refractivity contribution in [1.82, 2.24) is 4.90 Å². The number of nitrogens with two attached hydrogens (primary N) is 1. The molecule has 0 aliphatic rings. The predicted octanol–water partition coefficient (Wildman–Crippen LogP) is 1.84. The van der Waals surface area contributed by atoms with Crippen LogP contribution >= 0.6 is 0 Å². The van der Waals surface area contributed by atoms with Gasteiger partial charge in [0, 0.05) is 12.1 Å². The van der Waals surface area contributed by atoms with Gasteiger partial charge in [0.1, 0.15) is 5.76 Å². The molecule has 14 heavy (non-hydrogen) atoms. The minimum atomic E-state index is -0.150. The third-order valence-corrected chi connectivity index (χ3v) is 2.04. The van der Waals surface area contributed by atoms with Gasteiger partial charge in [-0.15, -0.1) is 0 Å². The van der Waals surface area contributed by atoms with Gasteiger partial charge in [0.15, 0.2) is 0 Å². The second-order valence-electron chi connectivity index (χ2n) is 4.37. The standard InChI is InChI=1S/C11H20N2O/c1-4-13(9-11(2,3)12)8-10-6-5-7-14-10/h5-7H,4,8-9,12H2,1-3H3. The average molecular weight is 196 g/mol. The van der Waals surface area contributed by atoms with Crippen molar-refractivity contribution >= 4 is 0 Å². The van der Waals surface area contributed by atoms with Crippen molar-refractivity contribution in [3.63, 3.8) is 0 Å². The lowest BCUT2D eigenvalue weighted by Crippen LogP contribution is -2.44. The number of hydrogen-bond donors (Lipinski definition) is 1. The molecule has 0 radical (unpaired) electrons. The Morgan fingerprint density at radius 1 is 1.50 bits per heavy atom. The summed E-state index contributed by atoms with van der Waals surface area (Å²) in [4.78, 5) is 2.28. The van der Waals surface area contributed by atoms with E-state index in [2.05, 4.69) is 11.8 Å². The van der Waals surface area contributed by atoms with Gasteiger partial charge in [-0.3, -0.25) is 4.90 Å². The lowest BCUT2D eigenvalue weighted by atomic mass is 10.1. The maximum absolute atomic E-state index is 5.97. The first-order valence-electron chi connectivity index (χ1n) is 5.05. The molecule has 0 aliphatic carbocycles. The van der Waals surface area contributed by atoms with E-state index in [1.807, 2.05) is 26.0 Å². The summed E-state index contributed by atoms with van der Waals surface area (Å²) in [7, 11) is 0. The number of rotatable bonds is 5. The Kier molecular flexibility index (Phi) is 3.72. The maximum Gasteiger partial charge on any atom is 0.117 e. The number of likely N-dealkylation sites (N-methyl/N-ethyl adjacent to an activating group) is 1. The molecule has 1 rings (SSSR count). The normalized spacial score (nSPS) is 12.4. The Hall–Kier alpha value is -0.800. The van der Waals surface area contributed by atoms with Crippen molar-refractivity contribution in [3.8, 4) is 0 Å². The van der Waals surface area contributed by atoms with Gasteiger partial charge in [-0.05, 0) is 32.5 Å². The summed E-state index contributed by atoms with van der Waals surface area (Å²) >= 11 is 0. The molecule has 1 aromatic heterocycles. The van der Waals surface area contributed by atoms with Gasteiger partial charge in [0.05, 0.1) is 12.8 Å². The molecule has 0 fully saturated rings. The van der Waals surface area contributed by atoms with Crippen LogP contribution in [0.15, 0.2) is 22.8 Å². The Labute approximate surface area is 85.9 Å². The average Bonchev–Trinajstić information content (AvgIpc) is 2.53. The SMILES string of the molecule is CCN(Cc1ccco1)CC(C)(C)N. The molecule has 3 heteroatoms. The van der Waals surface area contributed by atoms with Crippen molar-refractivity contribution < 1.29 is 4.42 Å². The molecule has 0 atom stereocenters. The molecule has 1 aromatic rings. The molecule has 0 amide bonds. The topological polar surface area (TPSA) is 42.4 Å². The van der Waals surface area contributed by atoms with Crippen molar-refractivity contribution in [1.29, 1.82) is 0 Å². The van der Waals surface area contributed by atoms with E-state index in [0.29, 0.717) is 0 Å². The van der Waals surface area contributed by atoms with Gasteiger partial charge in [0.25, 0.3) is 0 Å². The lowest BCUT2D eigenvalue weighted by Gasteiger charge is -2.28. The van der Waals surface area contributed by atoms with E-state index >= 15 is 0 Å².